The van der Waals surface area contributed by atoms with Gasteiger partial charge in [0.2, 0.25) is 0 Å². The summed E-state index contributed by atoms with van der Waals surface area (Å²) in [6.07, 6.45) is 0. The first-order valence-electron chi connectivity index (χ1n) is 6.42. The van der Waals surface area contributed by atoms with E-state index < -0.39 is 0 Å². The van der Waals surface area contributed by atoms with E-state index in [1.165, 1.54) is 5.56 Å². The van der Waals surface area contributed by atoms with Gasteiger partial charge in [-0.25, -0.2) is 0 Å². The fraction of sp³-hybridized carbons (Fsp3) is 0.571. The molecule has 1 aromatic rings. The second kappa shape index (κ2) is 5.52. The van der Waals surface area contributed by atoms with Gasteiger partial charge in [0, 0.05) is 38.3 Å². The Bertz CT molecular complexity index is 370. The molecule has 1 saturated heterocycles. The second-order valence-corrected chi connectivity index (χ2v) is 4.84. The van der Waals surface area contributed by atoms with Crippen molar-refractivity contribution in [2.45, 2.75) is 20.4 Å². The van der Waals surface area contributed by atoms with Crippen LogP contribution >= 0.6 is 0 Å². The maximum absolute atomic E-state index is 9.83. The van der Waals surface area contributed by atoms with E-state index in [1.54, 1.807) is 6.07 Å². The average molecular weight is 234 g/mol. The van der Waals surface area contributed by atoms with E-state index in [0.29, 0.717) is 5.75 Å². The minimum absolute atomic E-state index is 0.425. The Hall–Kier alpha value is -1.06. The van der Waals surface area contributed by atoms with E-state index in [9.17, 15) is 5.11 Å². The van der Waals surface area contributed by atoms with Gasteiger partial charge in [0.25, 0.3) is 0 Å². The van der Waals surface area contributed by atoms with Crippen molar-refractivity contribution in [1.29, 1.82) is 0 Å². The Morgan fingerprint density at radius 2 is 1.76 bits per heavy atom. The van der Waals surface area contributed by atoms with Crippen molar-refractivity contribution >= 4 is 0 Å². The van der Waals surface area contributed by atoms with Crippen LogP contribution in [0.25, 0.3) is 0 Å². The van der Waals surface area contributed by atoms with Crippen LogP contribution < -0.4 is 0 Å². The number of phenols is 1. The van der Waals surface area contributed by atoms with E-state index in [1.807, 2.05) is 6.07 Å². The Balaban J connectivity index is 1.95. The highest BCUT2D eigenvalue weighted by atomic mass is 16.3. The number of phenolic OH excluding ortho intramolecular Hbond substituents is 1. The minimum Gasteiger partial charge on any atom is -0.508 e. The largest absolute Gasteiger partial charge is 0.508 e. The van der Waals surface area contributed by atoms with E-state index in [4.69, 9.17) is 0 Å². The number of nitrogens with zero attached hydrogens (tertiary/aromatic N) is 2. The zero-order chi connectivity index (χ0) is 12.3. The number of aryl methyl sites for hydroxylation is 1. The van der Waals surface area contributed by atoms with E-state index in [-0.39, 0.29) is 0 Å². The zero-order valence-corrected chi connectivity index (χ0v) is 10.8. The molecule has 1 fully saturated rings. The maximum atomic E-state index is 9.83. The molecule has 1 heterocycles. The monoisotopic (exact) mass is 234 g/mol. The van der Waals surface area contributed by atoms with Crippen LogP contribution in [0.5, 0.6) is 5.75 Å². The molecule has 1 N–H and O–H groups in total. The average Bonchev–Trinajstić information content (AvgIpc) is 2.35. The molecular formula is C14H22N2O. The van der Waals surface area contributed by atoms with Gasteiger partial charge in [-0.2, -0.15) is 0 Å². The van der Waals surface area contributed by atoms with Crippen LogP contribution in [0.1, 0.15) is 18.1 Å². The molecule has 0 aliphatic carbocycles. The molecule has 0 bridgehead atoms. The van der Waals surface area contributed by atoms with Crippen LogP contribution in [0.15, 0.2) is 18.2 Å². The molecule has 1 aliphatic rings. The highest BCUT2D eigenvalue weighted by Crippen LogP contribution is 2.20. The van der Waals surface area contributed by atoms with Crippen LogP contribution in [0.4, 0.5) is 0 Å². The Labute approximate surface area is 104 Å². The molecule has 0 spiro atoms. The van der Waals surface area contributed by atoms with Gasteiger partial charge in [-0.15, -0.1) is 0 Å². The van der Waals surface area contributed by atoms with Crippen molar-refractivity contribution < 1.29 is 5.11 Å². The number of likely N-dealkylation sites (N-methyl/N-ethyl adjacent to an activating group) is 1. The van der Waals surface area contributed by atoms with Gasteiger partial charge in [-0.05, 0) is 19.5 Å². The number of rotatable bonds is 3. The Kier molecular flexibility index (Phi) is 4.02. The van der Waals surface area contributed by atoms with Crippen molar-refractivity contribution in [2.24, 2.45) is 0 Å². The van der Waals surface area contributed by atoms with Crippen molar-refractivity contribution in [2.75, 3.05) is 32.7 Å². The highest BCUT2D eigenvalue weighted by Gasteiger charge is 2.16. The van der Waals surface area contributed by atoms with Gasteiger partial charge >= 0.3 is 0 Å². The fourth-order valence-electron chi connectivity index (χ4n) is 2.35. The molecule has 0 atom stereocenters. The van der Waals surface area contributed by atoms with E-state index in [2.05, 4.69) is 29.7 Å². The summed E-state index contributed by atoms with van der Waals surface area (Å²) in [6.45, 7) is 10.8. The molecule has 0 radical (unpaired) electrons. The lowest BCUT2D eigenvalue weighted by Gasteiger charge is -2.34. The highest BCUT2D eigenvalue weighted by molar-refractivity contribution is 5.35. The van der Waals surface area contributed by atoms with Gasteiger partial charge in [-0.3, -0.25) is 4.90 Å². The number of benzene rings is 1. The lowest BCUT2D eigenvalue weighted by Crippen LogP contribution is -2.45. The molecule has 1 aliphatic heterocycles. The Morgan fingerprint density at radius 1 is 1.12 bits per heavy atom. The van der Waals surface area contributed by atoms with Crippen LogP contribution in [0.3, 0.4) is 0 Å². The lowest BCUT2D eigenvalue weighted by atomic mass is 10.1. The van der Waals surface area contributed by atoms with Gasteiger partial charge in [0.15, 0.2) is 0 Å². The van der Waals surface area contributed by atoms with Crippen molar-refractivity contribution in [3.63, 3.8) is 0 Å². The summed E-state index contributed by atoms with van der Waals surface area (Å²) in [4.78, 5) is 4.88. The van der Waals surface area contributed by atoms with E-state index >= 15 is 0 Å². The van der Waals surface area contributed by atoms with Crippen LogP contribution in [0.2, 0.25) is 0 Å². The summed E-state index contributed by atoms with van der Waals surface area (Å²) in [6, 6.07) is 5.84. The molecule has 0 unspecified atom stereocenters. The third-order valence-electron chi connectivity index (χ3n) is 3.54. The molecule has 1 aromatic carbocycles. The number of aromatic hydroxyl groups is 1. The van der Waals surface area contributed by atoms with Crippen molar-refractivity contribution in [3.05, 3.63) is 29.3 Å². The third-order valence-corrected chi connectivity index (χ3v) is 3.54. The SMILES string of the molecule is CCN1CCN(Cc2cc(C)ccc2O)CC1. The second-order valence-electron chi connectivity index (χ2n) is 4.84. The first kappa shape index (κ1) is 12.4. The molecule has 0 saturated carbocycles. The summed E-state index contributed by atoms with van der Waals surface area (Å²) < 4.78 is 0. The summed E-state index contributed by atoms with van der Waals surface area (Å²) >= 11 is 0. The number of hydrogen-bond acceptors (Lipinski definition) is 3. The third kappa shape index (κ3) is 3.20. The first-order valence-corrected chi connectivity index (χ1v) is 6.42. The number of piperazine rings is 1. The predicted octanol–water partition coefficient (Wildman–Crippen LogP) is 1.84. The summed E-state index contributed by atoms with van der Waals surface area (Å²) in [5, 5.41) is 9.83. The lowest BCUT2D eigenvalue weighted by molar-refractivity contribution is 0.131. The molecule has 3 nitrogen and oxygen atoms in total. The molecule has 17 heavy (non-hydrogen) atoms. The van der Waals surface area contributed by atoms with Crippen LogP contribution in [-0.2, 0) is 6.54 Å². The summed E-state index contributed by atoms with van der Waals surface area (Å²) in [5.41, 5.74) is 2.26. The molecule has 94 valence electrons. The molecule has 2 rings (SSSR count). The normalized spacial score (nSPS) is 18.5. The zero-order valence-electron chi connectivity index (χ0n) is 10.8. The minimum atomic E-state index is 0.425. The maximum Gasteiger partial charge on any atom is 0.120 e. The molecule has 3 heteroatoms. The molecular weight excluding hydrogens is 212 g/mol. The number of hydrogen-bond donors (Lipinski definition) is 1. The van der Waals surface area contributed by atoms with E-state index in [0.717, 1.165) is 44.8 Å². The van der Waals surface area contributed by atoms with Crippen LogP contribution in [-0.4, -0.2) is 47.6 Å². The summed E-state index contributed by atoms with van der Waals surface area (Å²) in [7, 11) is 0. The van der Waals surface area contributed by atoms with Crippen molar-refractivity contribution in [3.8, 4) is 5.75 Å². The van der Waals surface area contributed by atoms with Gasteiger partial charge in [0.05, 0.1) is 0 Å². The van der Waals surface area contributed by atoms with Gasteiger partial charge in [0.1, 0.15) is 5.75 Å². The van der Waals surface area contributed by atoms with Gasteiger partial charge in [-0.1, -0.05) is 24.6 Å². The first-order chi connectivity index (χ1) is 8.19. The Morgan fingerprint density at radius 3 is 2.41 bits per heavy atom. The quantitative estimate of drug-likeness (QED) is 0.864. The van der Waals surface area contributed by atoms with Gasteiger partial charge < -0.3 is 10.0 Å². The standard InChI is InChI=1S/C14H22N2O/c1-3-15-6-8-16(9-7-15)11-13-10-12(2)4-5-14(13)17/h4-5,10,17H,3,6-9,11H2,1-2H3. The molecule has 0 aromatic heterocycles. The predicted molar refractivity (Wildman–Crippen MR) is 70.2 cm³/mol. The smallest absolute Gasteiger partial charge is 0.120 e. The topological polar surface area (TPSA) is 26.7 Å². The van der Waals surface area contributed by atoms with Crippen LogP contribution in [0, 0.1) is 6.92 Å². The van der Waals surface area contributed by atoms with Crippen molar-refractivity contribution in [1.82, 2.24) is 9.80 Å². The summed E-state index contributed by atoms with van der Waals surface area (Å²) in [5.74, 6) is 0.425. The fourth-order valence-corrected chi connectivity index (χ4v) is 2.35. The molecule has 0 amide bonds.